The maximum absolute atomic E-state index is 13.8. The molecule has 1 fully saturated rings. The first-order chi connectivity index (χ1) is 13.8. The van der Waals surface area contributed by atoms with Gasteiger partial charge < -0.3 is 10.2 Å². The van der Waals surface area contributed by atoms with Crippen LogP contribution in [0.2, 0.25) is 0 Å². The maximum atomic E-state index is 13.8. The van der Waals surface area contributed by atoms with Crippen LogP contribution in [0.15, 0.2) is 48.5 Å². The van der Waals surface area contributed by atoms with E-state index in [0.29, 0.717) is 32.5 Å². The van der Waals surface area contributed by atoms with Crippen molar-refractivity contribution in [3.05, 3.63) is 71.0 Å². The number of nitrogens with zero attached hydrogens (tertiary/aromatic N) is 1. The van der Waals surface area contributed by atoms with Gasteiger partial charge in [-0.15, -0.1) is 0 Å². The summed E-state index contributed by atoms with van der Waals surface area (Å²) in [5, 5.41) is 2.66. The molecule has 154 valence electrons. The molecule has 0 radical (unpaired) electrons. The lowest BCUT2D eigenvalue weighted by Gasteiger charge is -2.32. The summed E-state index contributed by atoms with van der Waals surface area (Å²) < 4.78 is 52.1. The van der Waals surface area contributed by atoms with E-state index in [1.54, 1.807) is 11.0 Å². The highest BCUT2D eigenvalue weighted by Crippen LogP contribution is 2.29. The molecule has 2 aromatic carbocycles. The molecule has 3 rings (SSSR count). The van der Waals surface area contributed by atoms with Gasteiger partial charge in [-0.1, -0.05) is 18.2 Å². The molecular weight excluding hydrogens is 388 g/mol. The van der Waals surface area contributed by atoms with Crippen LogP contribution in [0.3, 0.4) is 0 Å². The predicted octanol–water partition coefficient (Wildman–Crippen LogP) is 4.13. The number of nitrogens with one attached hydrogen (secondary N) is 1. The van der Waals surface area contributed by atoms with Gasteiger partial charge in [0.2, 0.25) is 0 Å². The lowest BCUT2D eigenvalue weighted by molar-refractivity contribution is -0.137. The molecule has 1 saturated heterocycles. The highest BCUT2D eigenvalue weighted by atomic mass is 19.4. The Morgan fingerprint density at radius 2 is 1.72 bits per heavy atom. The van der Waals surface area contributed by atoms with Crippen molar-refractivity contribution in [1.29, 1.82) is 0 Å². The Kier molecular flexibility index (Phi) is 6.20. The first kappa shape index (κ1) is 20.8. The Hall–Kier alpha value is -2.90. The zero-order chi connectivity index (χ0) is 21.0. The van der Waals surface area contributed by atoms with Crippen LogP contribution in [-0.2, 0) is 6.18 Å². The van der Waals surface area contributed by atoms with Crippen molar-refractivity contribution in [2.45, 2.75) is 19.0 Å². The number of benzene rings is 2. The molecule has 1 aliphatic rings. The Morgan fingerprint density at radius 1 is 1.03 bits per heavy atom. The molecule has 0 aromatic heterocycles. The summed E-state index contributed by atoms with van der Waals surface area (Å²) >= 11 is 0. The summed E-state index contributed by atoms with van der Waals surface area (Å²) in [4.78, 5) is 26.2. The number of piperidine rings is 1. The molecule has 4 nitrogen and oxygen atoms in total. The second-order valence-corrected chi connectivity index (χ2v) is 7.00. The topological polar surface area (TPSA) is 49.4 Å². The van der Waals surface area contributed by atoms with Gasteiger partial charge in [0.05, 0.1) is 11.1 Å². The van der Waals surface area contributed by atoms with Crippen molar-refractivity contribution in [3.63, 3.8) is 0 Å². The number of carbonyl (C=O) groups excluding carboxylic acids is 2. The monoisotopic (exact) mass is 408 g/mol. The predicted molar refractivity (Wildman–Crippen MR) is 98.8 cm³/mol. The molecule has 0 unspecified atom stereocenters. The van der Waals surface area contributed by atoms with Gasteiger partial charge in [0.25, 0.3) is 11.8 Å². The van der Waals surface area contributed by atoms with E-state index in [1.165, 1.54) is 30.3 Å². The summed E-state index contributed by atoms with van der Waals surface area (Å²) in [6.07, 6.45) is -3.28. The van der Waals surface area contributed by atoms with Crippen LogP contribution < -0.4 is 5.32 Å². The minimum Gasteiger partial charge on any atom is -0.352 e. The zero-order valence-electron chi connectivity index (χ0n) is 15.5. The Labute approximate surface area is 165 Å². The Morgan fingerprint density at radius 3 is 2.38 bits per heavy atom. The molecule has 1 N–H and O–H groups in total. The van der Waals surface area contributed by atoms with Crippen molar-refractivity contribution in [2.75, 3.05) is 19.6 Å². The fraction of sp³-hybridized carbons (Fsp3) is 0.333. The molecule has 0 aliphatic carbocycles. The van der Waals surface area contributed by atoms with E-state index in [-0.39, 0.29) is 23.0 Å². The Bertz CT molecular complexity index is 890. The first-order valence-corrected chi connectivity index (χ1v) is 9.25. The molecule has 0 bridgehead atoms. The van der Waals surface area contributed by atoms with Crippen LogP contribution in [0, 0.1) is 11.7 Å². The van der Waals surface area contributed by atoms with E-state index < -0.39 is 23.5 Å². The van der Waals surface area contributed by atoms with Crippen LogP contribution >= 0.6 is 0 Å². The molecule has 2 aromatic rings. The van der Waals surface area contributed by atoms with E-state index in [9.17, 15) is 27.2 Å². The van der Waals surface area contributed by atoms with Gasteiger partial charge in [-0.3, -0.25) is 9.59 Å². The second-order valence-electron chi connectivity index (χ2n) is 7.00. The summed E-state index contributed by atoms with van der Waals surface area (Å²) in [5.41, 5.74) is -0.888. The van der Waals surface area contributed by atoms with Crippen LogP contribution in [0.4, 0.5) is 17.6 Å². The summed E-state index contributed by atoms with van der Waals surface area (Å²) in [6.45, 7) is 1.16. The quantitative estimate of drug-likeness (QED) is 0.774. The van der Waals surface area contributed by atoms with E-state index in [0.717, 1.165) is 12.1 Å². The molecular formula is C21H20F4N2O2. The van der Waals surface area contributed by atoms with E-state index in [4.69, 9.17) is 0 Å². The van der Waals surface area contributed by atoms with Gasteiger partial charge in [0.1, 0.15) is 5.82 Å². The third-order valence-electron chi connectivity index (χ3n) is 5.01. The Balaban J connectivity index is 1.51. The number of hydrogen-bond donors (Lipinski definition) is 1. The molecule has 0 saturated carbocycles. The summed E-state index contributed by atoms with van der Waals surface area (Å²) in [5.74, 6) is -1.40. The highest BCUT2D eigenvalue weighted by molar-refractivity contribution is 5.95. The van der Waals surface area contributed by atoms with E-state index in [2.05, 4.69) is 5.32 Å². The fourth-order valence-electron chi connectivity index (χ4n) is 3.32. The summed E-state index contributed by atoms with van der Waals surface area (Å²) in [6, 6.07) is 10.1. The van der Waals surface area contributed by atoms with Crippen LogP contribution in [0.5, 0.6) is 0 Å². The molecule has 29 heavy (non-hydrogen) atoms. The van der Waals surface area contributed by atoms with Crippen molar-refractivity contribution in [1.82, 2.24) is 10.2 Å². The van der Waals surface area contributed by atoms with E-state index >= 15 is 0 Å². The fourth-order valence-corrected chi connectivity index (χ4v) is 3.32. The van der Waals surface area contributed by atoms with Crippen LogP contribution in [-0.4, -0.2) is 36.3 Å². The molecule has 8 heteroatoms. The van der Waals surface area contributed by atoms with Gasteiger partial charge in [0.15, 0.2) is 0 Å². The lowest BCUT2D eigenvalue weighted by atomic mass is 9.96. The number of alkyl halides is 3. The smallest absolute Gasteiger partial charge is 0.352 e. The number of amides is 2. The van der Waals surface area contributed by atoms with Crippen molar-refractivity contribution < 1.29 is 27.2 Å². The number of hydrogen-bond acceptors (Lipinski definition) is 2. The molecule has 1 aliphatic heterocycles. The number of carbonyl (C=O) groups is 2. The summed E-state index contributed by atoms with van der Waals surface area (Å²) in [7, 11) is 0. The molecule has 0 atom stereocenters. The highest BCUT2D eigenvalue weighted by Gasteiger charge is 2.31. The third kappa shape index (κ3) is 5.13. The van der Waals surface area contributed by atoms with Crippen LogP contribution in [0.25, 0.3) is 0 Å². The SMILES string of the molecule is O=C(NCC1CCN(C(=O)c2ccccc2F)CC1)c1cccc(C(F)(F)F)c1. The minimum absolute atomic E-state index is 0.0313. The van der Waals surface area contributed by atoms with Gasteiger partial charge >= 0.3 is 6.18 Å². The lowest BCUT2D eigenvalue weighted by Crippen LogP contribution is -2.41. The van der Waals surface area contributed by atoms with E-state index in [1.807, 2.05) is 0 Å². The minimum atomic E-state index is -4.51. The number of halogens is 4. The number of likely N-dealkylation sites (tertiary alicyclic amines) is 1. The average Bonchev–Trinajstić information content (AvgIpc) is 2.72. The maximum Gasteiger partial charge on any atom is 0.416 e. The van der Waals surface area contributed by atoms with Crippen molar-refractivity contribution >= 4 is 11.8 Å². The van der Waals surface area contributed by atoms with Crippen LogP contribution in [0.1, 0.15) is 39.1 Å². The first-order valence-electron chi connectivity index (χ1n) is 9.25. The number of rotatable bonds is 4. The van der Waals surface area contributed by atoms with Crippen molar-refractivity contribution in [3.8, 4) is 0 Å². The molecule has 2 amide bonds. The van der Waals surface area contributed by atoms with Gasteiger partial charge in [-0.25, -0.2) is 4.39 Å². The van der Waals surface area contributed by atoms with Gasteiger partial charge in [-0.2, -0.15) is 13.2 Å². The standard InChI is InChI=1S/C21H20F4N2O2/c22-18-7-2-1-6-17(18)20(29)27-10-8-14(9-11-27)13-26-19(28)15-4-3-5-16(12-15)21(23,24)25/h1-7,12,14H,8-11,13H2,(H,26,28). The zero-order valence-corrected chi connectivity index (χ0v) is 15.5. The second kappa shape index (κ2) is 8.63. The van der Waals surface area contributed by atoms with Crippen molar-refractivity contribution in [2.24, 2.45) is 5.92 Å². The largest absolute Gasteiger partial charge is 0.416 e. The normalized spacial score (nSPS) is 15.2. The molecule has 1 heterocycles. The molecule has 0 spiro atoms. The van der Waals surface area contributed by atoms with Gasteiger partial charge in [-0.05, 0) is 49.1 Å². The van der Waals surface area contributed by atoms with Gasteiger partial charge in [0, 0.05) is 25.2 Å². The average molecular weight is 408 g/mol. The third-order valence-corrected chi connectivity index (χ3v) is 5.01.